The second kappa shape index (κ2) is 12.4. The Bertz CT molecular complexity index is 1120. The molecule has 12 heteroatoms. The maximum absolute atomic E-state index is 13.3. The van der Waals surface area contributed by atoms with Gasteiger partial charge in [-0.25, -0.2) is 0 Å². The third-order valence-corrected chi connectivity index (χ3v) is 5.48. The molecule has 2 N–H and O–H groups in total. The Morgan fingerprint density at radius 2 is 1.74 bits per heavy atom. The molecule has 1 aliphatic rings. The van der Waals surface area contributed by atoms with E-state index in [4.69, 9.17) is 4.74 Å². The van der Waals surface area contributed by atoms with Gasteiger partial charge < -0.3 is 24.8 Å². The summed E-state index contributed by atoms with van der Waals surface area (Å²) in [6.45, 7) is 1.59. The van der Waals surface area contributed by atoms with E-state index in [1.807, 2.05) is 19.1 Å². The molecule has 0 radical (unpaired) electrons. The average Bonchev–Trinajstić information content (AvgIpc) is 2.84. The largest absolute Gasteiger partial charge is 0.461 e. The highest BCUT2D eigenvalue weighted by molar-refractivity contribution is 5.46. The fourth-order valence-electron chi connectivity index (χ4n) is 3.68. The maximum atomic E-state index is 13.3. The number of nitrogens with zero attached hydrogens (tertiary/aromatic N) is 1. The van der Waals surface area contributed by atoms with Crippen molar-refractivity contribution in [2.45, 2.75) is 51.1 Å². The van der Waals surface area contributed by atoms with Crippen LogP contribution < -0.4 is 14.8 Å². The van der Waals surface area contributed by atoms with Crippen molar-refractivity contribution in [3.63, 3.8) is 0 Å². The van der Waals surface area contributed by atoms with Crippen molar-refractivity contribution in [3.8, 4) is 11.5 Å². The van der Waals surface area contributed by atoms with E-state index in [9.17, 15) is 35.8 Å². The number of hydrogen-bond acceptors (Lipinski definition) is 5. The summed E-state index contributed by atoms with van der Waals surface area (Å²) in [5, 5.41) is 12.9. The Labute approximate surface area is 215 Å². The highest BCUT2D eigenvalue weighted by Gasteiger charge is 2.44. The number of hydrogen-bond donors (Lipinski definition) is 2. The lowest BCUT2D eigenvalue weighted by molar-refractivity contribution is -0.253. The highest BCUT2D eigenvalue weighted by atomic mass is 19.4. The third kappa shape index (κ3) is 8.30. The average molecular weight is 548 g/mol. The fraction of sp³-hybridized carbons (Fsp3) is 0.385. The van der Waals surface area contributed by atoms with Crippen LogP contribution in [-0.2, 0) is 6.54 Å². The number of allylic oxidation sites excluding steroid dienone is 3. The first-order valence-electron chi connectivity index (χ1n) is 11.7. The van der Waals surface area contributed by atoms with Crippen LogP contribution in [-0.4, -0.2) is 47.9 Å². The van der Waals surface area contributed by atoms with Gasteiger partial charge in [0.25, 0.3) is 0 Å². The highest BCUT2D eigenvalue weighted by Crippen LogP contribution is 2.31. The summed E-state index contributed by atoms with van der Waals surface area (Å²) in [5.41, 5.74) is 1.50. The van der Waals surface area contributed by atoms with E-state index < -0.39 is 37.1 Å². The van der Waals surface area contributed by atoms with Crippen LogP contribution in [0.1, 0.15) is 25.3 Å². The first kappa shape index (κ1) is 29.2. The summed E-state index contributed by atoms with van der Waals surface area (Å²) in [7, 11) is 0. The topological polar surface area (TPSA) is 54.0 Å². The predicted molar refractivity (Wildman–Crippen MR) is 127 cm³/mol. The third-order valence-electron chi connectivity index (χ3n) is 5.48. The Morgan fingerprint density at radius 3 is 2.37 bits per heavy atom. The zero-order valence-corrected chi connectivity index (χ0v) is 20.3. The van der Waals surface area contributed by atoms with Crippen molar-refractivity contribution < 1.29 is 45.3 Å². The van der Waals surface area contributed by atoms with Gasteiger partial charge in [0.15, 0.2) is 6.10 Å². The number of halogens is 7. The number of ether oxygens (including phenoxy) is 2. The van der Waals surface area contributed by atoms with Crippen LogP contribution in [0.5, 0.6) is 11.5 Å². The first-order chi connectivity index (χ1) is 17.9. The van der Waals surface area contributed by atoms with Gasteiger partial charge in [0.2, 0.25) is 0 Å². The predicted octanol–water partition coefficient (Wildman–Crippen LogP) is 6.72. The van der Waals surface area contributed by atoms with E-state index in [0.717, 1.165) is 24.4 Å². The number of aliphatic hydroxyl groups excluding tert-OH is 1. The molecule has 3 rings (SSSR count). The Morgan fingerprint density at radius 1 is 1.03 bits per heavy atom. The summed E-state index contributed by atoms with van der Waals surface area (Å²) >= 11 is 0. The second-order valence-electron chi connectivity index (χ2n) is 8.49. The molecule has 0 unspecified atom stereocenters. The lowest BCUT2D eigenvalue weighted by atomic mass is 10.1. The van der Waals surface area contributed by atoms with E-state index in [-0.39, 0.29) is 12.1 Å². The van der Waals surface area contributed by atoms with Crippen molar-refractivity contribution in [2.24, 2.45) is 0 Å². The van der Waals surface area contributed by atoms with Crippen molar-refractivity contribution in [1.82, 2.24) is 4.90 Å². The monoisotopic (exact) mass is 548 g/mol. The minimum Gasteiger partial charge on any atom is -0.458 e. The Kier molecular flexibility index (Phi) is 9.53. The molecule has 0 aromatic heterocycles. The summed E-state index contributed by atoms with van der Waals surface area (Å²) in [6.07, 6.45) is -12.4. The van der Waals surface area contributed by atoms with Crippen LogP contribution in [0.2, 0.25) is 0 Å². The quantitative estimate of drug-likeness (QED) is 0.289. The van der Waals surface area contributed by atoms with Gasteiger partial charge in [0, 0.05) is 24.5 Å². The molecule has 0 amide bonds. The summed E-state index contributed by atoms with van der Waals surface area (Å²) in [4.78, 5) is 1.24. The van der Waals surface area contributed by atoms with Crippen molar-refractivity contribution in [3.05, 3.63) is 77.7 Å². The molecular weight excluding hydrogens is 521 g/mol. The van der Waals surface area contributed by atoms with Gasteiger partial charge in [-0.3, -0.25) is 0 Å². The smallest absolute Gasteiger partial charge is 0.458 e. The van der Waals surface area contributed by atoms with E-state index in [2.05, 4.69) is 10.1 Å². The van der Waals surface area contributed by atoms with Gasteiger partial charge in [-0.2, -0.15) is 30.7 Å². The van der Waals surface area contributed by atoms with Gasteiger partial charge in [-0.05, 0) is 73.9 Å². The SMILES string of the molecule is CCNc1ccc(OC2=CCCC(N(Cc3cccc(OC(F)(F)C(F)F)c3)C[C@H](O)C(F)(F)F)=C2)cc1. The molecule has 38 heavy (non-hydrogen) atoms. The molecule has 5 nitrogen and oxygen atoms in total. The van der Waals surface area contributed by atoms with Crippen LogP contribution in [0.3, 0.4) is 0 Å². The van der Waals surface area contributed by atoms with E-state index in [1.165, 1.54) is 23.1 Å². The maximum Gasteiger partial charge on any atom is 0.461 e. The van der Waals surface area contributed by atoms with Gasteiger partial charge in [-0.15, -0.1) is 0 Å². The molecule has 0 heterocycles. The van der Waals surface area contributed by atoms with E-state index in [0.29, 0.717) is 30.0 Å². The minimum absolute atomic E-state index is 0.207. The zero-order chi connectivity index (χ0) is 27.9. The number of aliphatic hydroxyl groups is 1. The summed E-state index contributed by atoms with van der Waals surface area (Å²) in [6, 6.07) is 11.8. The molecule has 0 aliphatic heterocycles. The fourth-order valence-corrected chi connectivity index (χ4v) is 3.68. The Hall–Kier alpha value is -3.41. The van der Waals surface area contributed by atoms with Gasteiger partial charge >= 0.3 is 18.7 Å². The molecule has 2 aromatic carbocycles. The molecule has 0 saturated heterocycles. The molecular formula is C26H27F7N2O3. The minimum atomic E-state index is -4.90. The number of alkyl halides is 7. The summed E-state index contributed by atoms with van der Waals surface area (Å²) < 4.78 is 101. The molecule has 1 atom stereocenters. The standard InChI is InChI=1S/C26H27F7N2O3/c1-2-34-18-9-11-20(12-10-18)37-21-7-4-6-19(14-21)35(16-23(36)25(29,30)31)15-17-5-3-8-22(13-17)38-26(32,33)24(27)28/h3,5,7-14,23-24,34,36H,2,4,6,15-16H2,1H3/t23-/m0/s1. The van der Waals surface area contributed by atoms with Crippen molar-refractivity contribution in [2.75, 3.05) is 18.4 Å². The van der Waals surface area contributed by atoms with Crippen LogP contribution in [0.4, 0.5) is 36.4 Å². The molecule has 0 fully saturated rings. The zero-order valence-electron chi connectivity index (χ0n) is 20.3. The molecule has 1 aliphatic carbocycles. The Balaban J connectivity index is 1.82. The number of rotatable bonds is 12. The number of anilines is 1. The van der Waals surface area contributed by atoms with Gasteiger partial charge in [0.1, 0.15) is 17.3 Å². The van der Waals surface area contributed by atoms with E-state index >= 15 is 0 Å². The summed E-state index contributed by atoms with van der Waals surface area (Å²) in [5.74, 6) is 0.302. The number of nitrogens with one attached hydrogen (secondary N) is 1. The van der Waals surface area contributed by atoms with Crippen LogP contribution in [0.25, 0.3) is 0 Å². The molecule has 0 saturated carbocycles. The normalized spacial score (nSPS) is 15.0. The molecule has 0 spiro atoms. The van der Waals surface area contributed by atoms with Crippen molar-refractivity contribution in [1.29, 1.82) is 0 Å². The molecule has 0 bridgehead atoms. The first-order valence-corrected chi connectivity index (χ1v) is 11.7. The van der Waals surface area contributed by atoms with Gasteiger partial charge in [0.05, 0.1) is 6.54 Å². The van der Waals surface area contributed by atoms with Crippen LogP contribution in [0.15, 0.2) is 72.1 Å². The lowest BCUT2D eigenvalue weighted by Crippen LogP contribution is -2.40. The van der Waals surface area contributed by atoms with Crippen LogP contribution >= 0.6 is 0 Å². The molecule has 208 valence electrons. The van der Waals surface area contributed by atoms with E-state index in [1.54, 1.807) is 18.2 Å². The van der Waals surface area contributed by atoms with Crippen molar-refractivity contribution >= 4 is 5.69 Å². The van der Waals surface area contributed by atoms with Crippen LogP contribution in [0, 0.1) is 0 Å². The molecule has 2 aromatic rings. The van der Waals surface area contributed by atoms with Gasteiger partial charge in [-0.1, -0.05) is 12.1 Å². The second-order valence-corrected chi connectivity index (χ2v) is 8.49. The number of benzene rings is 2. The lowest BCUT2D eigenvalue weighted by Gasteiger charge is -2.32.